The molecule has 0 spiro atoms. The van der Waals surface area contributed by atoms with Crippen molar-refractivity contribution in [3.05, 3.63) is 120 Å². The lowest BCUT2D eigenvalue weighted by atomic mass is 9.99. The van der Waals surface area contributed by atoms with E-state index in [1.165, 1.54) is 19.1 Å². The first-order valence-electron chi connectivity index (χ1n) is 35.9. The second-order valence-electron chi connectivity index (χ2n) is 26.5. The Morgan fingerprint density at radius 3 is 1.09 bits per heavy atom. The van der Waals surface area contributed by atoms with Gasteiger partial charge in [0.1, 0.15) is 66.2 Å². The summed E-state index contributed by atoms with van der Waals surface area (Å²) in [6, 6.07) is 8.44. The Morgan fingerprint density at radius 1 is 0.373 bits per heavy atom. The van der Waals surface area contributed by atoms with Gasteiger partial charge in [0.15, 0.2) is 29.8 Å². The molecule has 1 saturated heterocycles. The molecule has 33 N–H and O–H groups in total. The summed E-state index contributed by atoms with van der Waals surface area (Å²) in [4.78, 5) is 166. The van der Waals surface area contributed by atoms with Gasteiger partial charge >= 0.3 is 0 Å². The minimum Gasteiger partial charge on any atom is -0.370 e. The van der Waals surface area contributed by atoms with Crippen LogP contribution in [0.25, 0.3) is 21.7 Å². The average molecular weight is 1530 g/mol. The third-order valence-electron chi connectivity index (χ3n) is 17.8. The number of carbonyl (C=O) groups excluding carboxylic acids is 11. The van der Waals surface area contributed by atoms with Crippen LogP contribution in [0.3, 0.4) is 0 Å². The molecule has 0 aliphatic carbocycles. The monoisotopic (exact) mass is 1530 g/mol. The molecule has 0 unspecified atom stereocenters. The van der Waals surface area contributed by atoms with Crippen molar-refractivity contribution in [1.29, 1.82) is 27.0 Å². The van der Waals surface area contributed by atoms with Gasteiger partial charge in [0.2, 0.25) is 65.0 Å². The summed E-state index contributed by atoms with van der Waals surface area (Å²) >= 11 is 0. The molecule has 11 amide bonds. The Labute approximate surface area is 633 Å². The van der Waals surface area contributed by atoms with Gasteiger partial charge in [0.25, 0.3) is 0 Å². The van der Waals surface area contributed by atoms with E-state index < -0.39 is 174 Å². The van der Waals surface area contributed by atoms with Crippen molar-refractivity contribution in [1.82, 2.24) is 84.7 Å². The first kappa shape index (κ1) is 86.1. The molecular formula is C71H102FN27O11. The molecule has 6 rings (SSSR count). The largest absolute Gasteiger partial charge is 0.370 e. The minimum absolute atomic E-state index is 0.000527. The maximum Gasteiger partial charge on any atom is 0.243 e. The zero-order chi connectivity index (χ0) is 80.4. The summed E-state index contributed by atoms with van der Waals surface area (Å²) in [6.07, 6.45) is -1.33. The quantitative estimate of drug-likeness (QED) is 0.0123. The number of benzene rings is 4. The van der Waals surface area contributed by atoms with Gasteiger partial charge in [-0.3, -0.25) is 79.8 Å². The van der Waals surface area contributed by atoms with E-state index in [-0.39, 0.29) is 116 Å². The fourth-order valence-corrected chi connectivity index (χ4v) is 12.0. The van der Waals surface area contributed by atoms with Gasteiger partial charge in [0.05, 0.1) is 0 Å². The first-order valence-corrected chi connectivity index (χ1v) is 35.9. The van der Waals surface area contributed by atoms with Crippen molar-refractivity contribution in [2.45, 2.75) is 164 Å². The molecule has 38 nitrogen and oxygen atoms in total. The average Bonchev–Trinajstić information content (AvgIpc) is 1.58. The van der Waals surface area contributed by atoms with E-state index in [9.17, 15) is 28.4 Å². The molecule has 0 saturated carbocycles. The Bertz CT molecular complexity index is 4100. The predicted octanol–water partition coefficient (Wildman–Crippen LogP) is -4.05. The van der Waals surface area contributed by atoms with Crippen LogP contribution in [0.4, 0.5) is 4.39 Å². The topological polar surface area (TPSA) is 659 Å². The van der Waals surface area contributed by atoms with Crippen molar-refractivity contribution in [3.63, 3.8) is 0 Å². The zero-order valence-electron chi connectivity index (χ0n) is 61.0. The lowest BCUT2D eigenvalue weighted by molar-refractivity contribution is -0.136. The highest BCUT2D eigenvalue weighted by Crippen LogP contribution is 2.22. The second-order valence-corrected chi connectivity index (χ2v) is 26.5. The number of carbonyl (C=O) groups is 11. The summed E-state index contributed by atoms with van der Waals surface area (Å²) in [5, 5.41) is 80.9. The lowest BCUT2D eigenvalue weighted by Crippen LogP contribution is -2.61. The van der Waals surface area contributed by atoms with E-state index in [0.29, 0.717) is 27.6 Å². The molecule has 1 aromatic heterocycles. The van der Waals surface area contributed by atoms with Crippen molar-refractivity contribution in [2.24, 2.45) is 34.4 Å². The summed E-state index contributed by atoms with van der Waals surface area (Å²) in [5.41, 5.74) is 35.5. The molecule has 1 fully saturated rings. The third kappa shape index (κ3) is 29.5. The number of guanidine groups is 5. The SMILES string of the molecule is C[C@H]1NC(=O)[C@H](CCCNC(=N)N)NC(=O)[C@H](Cc2c[nH]c3ccccc23)NC(=O)[C@H](CCCNC(=N)N)NC(=O)[C@H](Cc2ccc(F)cc2)NC(=O)[C@H](CCCNC(=N)N)NC(=O)[C@@H](Cc2ccc3ccccc3c2)NC(=O)[C@H](CCCNC(=N)N)NC(=O)[C@H](CCCNC(=N)N)NC(=O)[C@H](CCC(N)=O)NC1=O. The highest BCUT2D eigenvalue weighted by atomic mass is 19.1. The van der Waals surface area contributed by atoms with Crippen LogP contribution >= 0.6 is 0 Å². The lowest BCUT2D eigenvalue weighted by Gasteiger charge is -2.29. The van der Waals surface area contributed by atoms with E-state index in [4.69, 9.17) is 61.4 Å². The van der Waals surface area contributed by atoms with Gasteiger partial charge in [0, 0.05) is 75.5 Å². The van der Waals surface area contributed by atoms with Crippen molar-refractivity contribution >= 4 is 116 Å². The van der Waals surface area contributed by atoms with E-state index in [1.807, 2.05) is 18.2 Å². The van der Waals surface area contributed by atoms with Crippen LogP contribution in [0.15, 0.2) is 97.2 Å². The molecule has 1 aliphatic heterocycles. The van der Waals surface area contributed by atoms with Crippen molar-refractivity contribution in [3.8, 4) is 0 Å². The van der Waals surface area contributed by atoms with Crippen molar-refractivity contribution < 1.29 is 57.1 Å². The molecule has 10 atom stereocenters. The van der Waals surface area contributed by atoms with E-state index in [0.717, 1.165) is 22.9 Å². The third-order valence-corrected chi connectivity index (χ3v) is 17.8. The number of fused-ring (bicyclic) bond motifs is 2. The number of amides is 11. The summed E-state index contributed by atoms with van der Waals surface area (Å²) in [6.45, 7) is 1.16. The Balaban J connectivity index is 1.53. The highest BCUT2D eigenvalue weighted by Gasteiger charge is 2.37. The predicted molar refractivity (Wildman–Crippen MR) is 409 cm³/mol. The molecule has 2 heterocycles. The van der Waals surface area contributed by atoms with Crippen LogP contribution in [-0.4, -0.2) is 193 Å². The fourth-order valence-electron chi connectivity index (χ4n) is 12.0. The molecule has 0 radical (unpaired) electrons. The summed E-state index contributed by atoms with van der Waals surface area (Å²) < 4.78 is 14.6. The van der Waals surface area contributed by atoms with Crippen LogP contribution in [0.1, 0.15) is 101 Å². The minimum atomic E-state index is -1.68. The number of hydrogen-bond acceptors (Lipinski definition) is 16. The number of aromatic nitrogens is 1. The number of nitrogens with one attached hydrogen (secondary N) is 21. The highest BCUT2D eigenvalue weighted by molar-refractivity contribution is 6.00. The normalized spacial score (nSPS) is 21.1. The molecule has 39 heteroatoms. The van der Waals surface area contributed by atoms with Gasteiger partial charge in [-0.1, -0.05) is 72.8 Å². The maximum atomic E-state index is 15.4. The number of aromatic amines is 1. The van der Waals surface area contributed by atoms with E-state index in [1.54, 1.807) is 54.7 Å². The van der Waals surface area contributed by atoms with Crippen LogP contribution in [0.5, 0.6) is 0 Å². The van der Waals surface area contributed by atoms with E-state index >= 15 is 28.8 Å². The van der Waals surface area contributed by atoms with Crippen LogP contribution in [-0.2, 0) is 72.0 Å². The maximum absolute atomic E-state index is 15.4. The van der Waals surface area contributed by atoms with Crippen LogP contribution in [0, 0.1) is 32.9 Å². The molecular weight excluding hydrogens is 1430 g/mol. The number of nitrogens with two attached hydrogens (primary N) is 6. The Kier molecular flexibility index (Phi) is 34.2. The summed E-state index contributed by atoms with van der Waals surface area (Å²) in [7, 11) is 0. The molecule has 5 aromatic rings. The number of hydrogen-bond donors (Lipinski definition) is 27. The number of para-hydroxylation sites is 1. The molecule has 594 valence electrons. The molecule has 4 aromatic carbocycles. The van der Waals surface area contributed by atoms with Gasteiger partial charge < -0.3 is 119 Å². The molecule has 110 heavy (non-hydrogen) atoms. The number of rotatable bonds is 29. The van der Waals surface area contributed by atoms with Gasteiger partial charge in [-0.25, -0.2) is 4.39 Å². The molecule has 0 bridgehead atoms. The number of H-pyrrole nitrogens is 1. The second kappa shape index (κ2) is 43.7. The number of primary amides is 1. The standard InChI is InChI=1S/C71H102FN27O11/c1-38-57(101)91-52(26-27-56(73)100)63(107)93-48(16-7-29-85-68(76)77)59(103)92-49(17-8-30-86-69(78)79)60(104)98-54(35-40-20-23-41-11-2-3-12-42(41)33-40)65(109)96-50(18-9-31-87-70(80)81)61(105)97-53(34-39-21-24-44(72)25-22-39)64(108)95-51(19-10-32-88-71(82)83)62(106)99-55(36-43-37-89-46-14-5-4-13-45(43)46)66(110)94-47(58(102)90-38)15-6-28-84-67(74)75/h2-5,11-14,20-25,33,37-38,47-55,89H,6-10,15-19,26-32,34-36H2,1H3,(H2,73,100)(H,90,102)(H,91,101)(H,92,103)(H,93,107)(H,94,110)(H,95,108)(H,96,109)(H,97,105)(H,98,104)(H,99,106)(H4,74,75,84)(H4,76,77,85)(H4,78,79,86)(H4,80,81,87)(H4,82,83,88)/t38-,47+,48+,49+,50+,51+,52+,53+,54-,55+/m1/s1. The Hall–Kier alpha value is -12.9. The van der Waals surface area contributed by atoms with Gasteiger partial charge in [-0.2, -0.15) is 0 Å². The van der Waals surface area contributed by atoms with Gasteiger partial charge in [-0.05, 0) is 123 Å². The van der Waals surface area contributed by atoms with Gasteiger partial charge in [-0.15, -0.1) is 0 Å². The fraction of sp³-hybridized carbons (Fsp3) is 0.437. The number of halogens is 1. The van der Waals surface area contributed by atoms with Crippen LogP contribution < -0.4 is 114 Å². The van der Waals surface area contributed by atoms with E-state index in [2.05, 4.69) is 84.7 Å². The first-order chi connectivity index (χ1) is 52.4. The molecule has 1 aliphatic rings. The van der Waals surface area contributed by atoms with Crippen molar-refractivity contribution in [2.75, 3.05) is 32.7 Å². The summed E-state index contributed by atoms with van der Waals surface area (Å²) in [5.74, 6) is -13.7. The smallest absolute Gasteiger partial charge is 0.243 e. The Morgan fingerprint density at radius 2 is 0.691 bits per heavy atom. The zero-order valence-corrected chi connectivity index (χ0v) is 61.0. The van der Waals surface area contributed by atoms with Crippen LogP contribution in [0.2, 0.25) is 0 Å².